The van der Waals surface area contributed by atoms with Gasteiger partial charge in [0, 0.05) is 38.6 Å². The summed E-state index contributed by atoms with van der Waals surface area (Å²) in [4.78, 5) is 15.1. The number of para-hydroxylation sites is 1. The summed E-state index contributed by atoms with van der Waals surface area (Å²) in [7, 11) is 0. The van der Waals surface area contributed by atoms with Crippen molar-refractivity contribution >= 4 is 38.3 Å². The third kappa shape index (κ3) is 4.21. The molecule has 8 aromatic rings. The number of furan rings is 1. The molecule has 1 aliphatic heterocycles. The van der Waals surface area contributed by atoms with E-state index in [1.165, 1.54) is 16.3 Å². The lowest BCUT2D eigenvalue weighted by molar-refractivity contribution is 0.272. The molecule has 0 radical (unpaired) electrons. The zero-order valence-corrected chi connectivity index (χ0v) is 25.7. The molecule has 226 valence electrons. The zero-order valence-electron chi connectivity index (χ0n) is 25.7. The Kier molecular flexibility index (Phi) is 5.93. The van der Waals surface area contributed by atoms with Crippen molar-refractivity contribution in [1.82, 2.24) is 15.0 Å². The molecule has 0 bridgehead atoms. The summed E-state index contributed by atoms with van der Waals surface area (Å²) < 4.78 is 13.3. The average molecular weight is 618 g/mol. The fourth-order valence-electron chi connectivity index (χ4n) is 7.27. The number of ether oxygens (including phenoxy) is 1. The van der Waals surface area contributed by atoms with Crippen molar-refractivity contribution in [2.45, 2.75) is 12.0 Å². The van der Waals surface area contributed by atoms with Gasteiger partial charge in [-0.25, -0.2) is 15.0 Å². The first-order chi connectivity index (χ1) is 23.8. The Hall–Kier alpha value is -6.33. The number of nitrogens with zero attached hydrogens (tertiary/aromatic N) is 3. The van der Waals surface area contributed by atoms with Crippen LogP contribution >= 0.6 is 0 Å². The number of aromatic nitrogens is 3. The maximum absolute atomic E-state index is 6.76. The van der Waals surface area contributed by atoms with Gasteiger partial charge in [0.1, 0.15) is 23.0 Å². The standard InChI is InChI=1S/C43H27N3O2/c1-3-12-26(13-4-1)41-44-42(27-14-5-2-6-15-27)46-43(45-41)33-23-22-31(40-39(33)32-18-9-10-20-35(32)48-40)30-19-11-21-36-38(30)34-24-28-16-7-8-17-29(28)25-37(34)47-36/h1-25,36,38H. The van der Waals surface area contributed by atoms with Crippen LogP contribution in [0.4, 0.5) is 0 Å². The molecule has 5 nitrogen and oxygen atoms in total. The number of rotatable bonds is 4. The fraction of sp³-hybridized carbons (Fsp3) is 0.0465. The van der Waals surface area contributed by atoms with Crippen molar-refractivity contribution in [3.8, 4) is 39.9 Å². The molecule has 0 saturated carbocycles. The monoisotopic (exact) mass is 617 g/mol. The van der Waals surface area contributed by atoms with Crippen molar-refractivity contribution in [3.63, 3.8) is 0 Å². The molecule has 48 heavy (non-hydrogen) atoms. The second-order valence-electron chi connectivity index (χ2n) is 12.3. The van der Waals surface area contributed by atoms with Crippen LogP contribution in [-0.2, 0) is 0 Å². The minimum atomic E-state index is -0.0960. The predicted octanol–water partition coefficient (Wildman–Crippen LogP) is 10.4. The summed E-state index contributed by atoms with van der Waals surface area (Å²) in [5.74, 6) is 2.81. The lowest BCUT2D eigenvalue weighted by atomic mass is 9.80. The maximum Gasteiger partial charge on any atom is 0.164 e. The molecule has 2 unspecified atom stereocenters. The van der Waals surface area contributed by atoms with Crippen molar-refractivity contribution in [1.29, 1.82) is 0 Å². The smallest absolute Gasteiger partial charge is 0.164 e. The van der Waals surface area contributed by atoms with Crippen molar-refractivity contribution < 1.29 is 9.15 Å². The van der Waals surface area contributed by atoms with Gasteiger partial charge in [0.05, 0.1) is 5.92 Å². The highest BCUT2D eigenvalue weighted by Gasteiger charge is 2.38. The lowest BCUT2D eigenvalue weighted by Crippen LogP contribution is -2.19. The van der Waals surface area contributed by atoms with Crippen LogP contribution in [0.25, 0.3) is 72.4 Å². The first kappa shape index (κ1) is 26.8. The Balaban J connectivity index is 1.20. The molecule has 5 heteroatoms. The molecular weight excluding hydrogens is 590 g/mol. The van der Waals surface area contributed by atoms with Gasteiger partial charge in [0.15, 0.2) is 17.5 Å². The van der Waals surface area contributed by atoms with Crippen molar-refractivity contribution in [2.24, 2.45) is 0 Å². The molecule has 0 amide bonds. The predicted molar refractivity (Wildman–Crippen MR) is 192 cm³/mol. The van der Waals surface area contributed by atoms with Crippen molar-refractivity contribution in [2.75, 3.05) is 0 Å². The van der Waals surface area contributed by atoms with Crippen LogP contribution < -0.4 is 4.74 Å². The summed E-state index contributed by atoms with van der Waals surface area (Å²) in [5.41, 5.74) is 7.78. The molecule has 2 aromatic heterocycles. The van der Waals surface area contributed by atoms with E-state index in [0.29, 0.717) is 17.5 Å². The molecule has 1 aliphatic carbocycles. The maximum atomic E-state index is 6.76. The first-order valence-corrected chi connectivity index (χ1v) is 16.2. The summed E-state index contributed by atoms with van der Waals surface area (Å²) in [6.07, 6.45) is 6.38. The Morgan fingerprint density at radius 3 is 1.94 bits per heavy atom. The third-order valence-corrected chi connectivity index (χ3v) is 9.49. The second kappa shape index (κ2) is 10.6. The van der Waals surface area contributed by atoms with Gasteiger partial charge in [0.25, 0.3) is 0 Å². The van der Waals surface area contributed by atoms with E-state index in [1.54, 1.807) is 0 Å². The fourth-order valence-corrected chi connectivity index (χ4v) is 7.27. The molecule has 0 fully saturated rings. The first-order valence-electron chi connectivity index (χ1n) is 16.2. The van der Waals surface area contributed by atoms with Crippen LogP contribution in [0.15, 0.2) is 156 Å². The number of hydrogen-bond donors (Lipinski definition) is 0. The summed E-state index contributed by atoms with van der Waals surface area (Å²) in [5, 5.41) is 4.38. The molecule has 2 atom stereocenters. The molecule has 3 heterocycles. The van der Waals surface area contributed by atoms with Crippen LogP contribution in [-0.4, -0.2) is 21.1 Å². The summed E-state index contributed by atoms with van der Waals surface area (Å²) in [6.45, 7) is 0. The Bertz CT molecular complexity index is 2550. The van der Waals surface area contributed by atoms with Crippen LogP contribution in [0.1, 0.15) is 17.0 Å². The lowest BCUT2D eigenvalue weighted by Gasteiger charge is -2.23. The SMILES string of the molecule is C1=CC2Oc3cc4ccccc4cc3C2C(c2ccc(-c3nc(-c4ccccc4)nc(-c4ccccc4)n3)c3c2oc2ccccc23)=C1. The Morgan fingerprint density at radius 1 is 0.562 bits per heavy atom. The molecule has 0 saturated heterocycles. The highest BCUT2D eigenvalue weighted by Crippen LogP contribution is 2.51. The van der Waals surface area contributed by atoms with Crippen LogP contribution in [0, 0.1) is 0 Å². The van der Waals surface area contributed by atoms with Crippen molar-refractivity contribution in [3.05, 3.63) is 163 Å². The van der Waals surface area contributed by atoms with E-state index >= 15 is 0 Å². The Morgan fingerprint density at radius 2 is 1.19 bits per heavy atom. The molecule has 0 N–H and O–H groups in total. The van der Waals surface area contributed by atoms with E-state index in [1.807, 2.05) is 72.8 Å². The van der Waals surface area contributed by atoms with Gasteiger partial charge in [-0.05, 0) is 46.7 Å². The minimum Gasteiger partial charge on any atom is -0.485 e. The van der Waals surface area contributed by atoms with E-state index in [0.717, 1.165) is 55.5 Å². The average Bonchev–Trinajstić information content (AvgIpc) is 3.72. The zero-order chi connectivity index (χ0) is 31.6. The second-order valence-corrected chi connectivity index (χ2v) is 12.3. The normalized spacial score (nSPS) is 16.5. The highest BCUT2D eigenvalue weighted by molar-refractivity contribution is 6.15. The van der Waals surface area contributed by atoms with Gasteiger partial charge >= 0.3 is 0 Å². The van der Waals surface area contributed by atoms with E-state index in [9.17, 15) is 0 Å². The molecule has 2 aliphatic rings. The number of allylic oxidation sites excluding steroid dienone is 2. The topological polar surface area (TPSA) is 61.0 Å². The molecule has 0 spiro atoms. The Labute approximate surface area is 276 Å². The van der Waals surface area contributed by atoms with E-state index < -0.39 is 0 Å². The quantitative estimate of drug-likeness (QED) is 0.197. The molecule has 6 aromatic carbocycles. The van der Waals surface area contributed by atoms with Gasteiger partial charge in [-0.2, -0.15) is 0 Å². The van der Waals surface area contributed by atoms with E-state index in [4.69, 9.17) is 24.1 Å². The van der Waals surface area contributed by atoms with Crippen LogP contribution in [0.5, 0.6) is 5.75 Å². The van der Waals surface area contributed by atoms with Crippen LogP contribution in [0.3, 0.4) is 0 Å². The number of fused-ring (bicyclic) bond motifs is 7. The van der Waals surface area contributed by atoms with Gasteiger partial charge < -0.3 is 9.15 Å². The van der Waals surface area contributed by atoms with E-state index in [-0.39, 0.29) is 12.0 Å². The van der Waals surface area contributed by atoms with Gasteiger partial charge in [-0.15, -0.1) is 0 Å². The van der Waals surface area contributed by atoms with E-state index in [2.05, 4.69) is 78.9 Å². The number of benzene rings is 6. The minimum absolute atomic E-state index is 0.0309. The highest BCUT2D eigenvalue weighted by atomic mass is 16.5. The molecule has 10 rings (SSSR count). The molecular formula is C43H27N3O2. The van der Waals surface area contributed by atoms with Gasteiger partial charge in [0.2, 0.25) is 0 Å². The van der Waals surface area contributed by atoms with Gasteiger partial charge in [-0.1, -0.05) is 121 Å². The number of hydrogen-bond acceptors (Lipinski definition) is 5. The largest absolute Gasteiger partial charge is 0.485 e. The summed E-state index contributed by atoms with van der Waals surface area (Å²) in [6, 6.07) is 45.6. The third-order valence-electron chi connectivity index (χ3n) is 9.49. The summed E-state index contributed by atoms with van der Waals surface area (Å²) >= 11 is 0. The van der Waals surface area contributed by atoms with Gasteiger partial charge in [-0.3, -0.25) is 0 Å². The van der Waals surface area contributed by atoms with Crippen LogP contribution in [0.2, 0.25) is 0 Å².